The normalized spacial score (nSPS) is 12.4. The Labute approximate surface area is 248 Å². The van der Waals surface area contributed by atoms with Gasteiger partial charge in [0.05, 0.1) is 119 Å². The quantitative estimate of drug-likeness (QED) is 0.0712. The lowest BCUT2D eigenvalue weighted by Gasteiger charge is -2.36. The van der Waals surface area contributed by atoms with E-state index in [1.165, 1.54) is 0 Å². The number of hydrogen-bond acceptors (Lipinski definition) is 13. The molecule has 0 saturated carbocycles. The molecule has 41 heavy (non-hydrogen) atoms. The molecule has 0 rings (SSSR count). The van der Waals surface area contributed by atoms with Crippen LogP contribution in [-0.4, -0.2) is 145 Å². The number of ether oxygens (including phenoxy) is 9. The summed E-state index contributed by atoms with van der Waals surface area (Å²) in [6.07, 6.45) is 1.62. The molecule has 0 spiro atoms. The summed E-state index contributed by atoms with van der Waals surface area (Å²) in [7, 11) is 0. The van der Waals surface area contributed by atoms with Crippen LogP contribution < -0.4 is 22.9 Å². The van der Waals surface area contributed by atoms with E-state index in [1.54, 1.807) is 0 Å². The molecule has 0 aromatic rings. The first-order chi connectivity index (χ1) is 20.1. The van der Waals surface area contributed by atoms with Crippen molar-refractivity contribution in [2.24, 2.45) is 33.8 Å². The molecule has 0 aliphatic heterocycles. The maximum absolute atomic E-state index is 6.42. The van der Waals surface area contributed by atoms with Gasteiger partial charge in [-0.25, -0.2) is 0 Å². The van der Waals surface area contributed by atoms with Crippen molar-refractivity contribution in [2.75, 3.05) is 145 Å². The number of nitrogens with two attached hydrogens (primary N) is 4. The van der Waals surface area contributed by atoms with E-state index < -0.39 is 0 Å². The molecule has 0 atom stereocenters. The third-order valence-electron chi connectivity index (χ3n) is 6.49. The Hall–Kier alpha value is -0.520. The maximum atomic E-state index is 6.42. The minimum absolute atomic E-state index is 0.338. The van der Waals surface area contributed by atoms with Gasteiger partial charge in [-0.2, -0.15) is 0 Å². The SMILES string of the molecule is CCC(COCCOCCN)(COCCOCCN)COCC(CC)(COCCOCCN)COCCOCCN. The number of hydrogen-bond donors (Lipinski definition) is 4. The molecule has 8 N–H and O–H groups in total. The molecule has 0 bridgehead atoms. The Kier molecular flexibility index (Phi) is 29.2. The van der Waals surface area contributed by atoms with Crippen LogP contribution in [0.1, 0.15) is 26.7 Å². The van der Waals surface area contributed by atoms with Gasteiger partial charge in [0, 0.05) is 37.0 Å². The van der Waals surface area contributed by atoms with Crippen molar-refractivity contribution < 1.29 is 42.6 Å². The van der Waals surface area contributed by atoms with Crippen LogP contribution in [0.25, 0.3) is 0 Å². The molecule has 0 radical (unpaired) electrons. The largest absolute Gasteiger partial charge is 0.380 e. The minimum Gasteiger partial charge on any atom is -0.380 e. The molecule has 0 fully saturated rings. The summed E-state index contributed by atoms with van der Waals surface area (Å²) in [6, 6.07) is 0. The van der Waals surface area contributed by atoms with Crippen molar-refractivity contribution in [3.63, 3.8) is 0 Å². The van der Waals surface area contributed by atoms with E-state index in [0.717, 1.165) is 12.8 Å². The van der Waals surface area contributed by atoms with Gasteiger partial charge in [-0.05, 0) is 12.8 Å². The third-order valence-corrected chi connectivity index (χ3v) is 6.49. The van der Waals surface area contributed by atoms with E-state index in [1.807, 2.05) is 0 Å². The summed E-state index contributed by atoms with van der Waals surface area (Å²) in [5.41, 5.74) is 21.3. The van der Waals surface area contributed by atoms with Crippen LogP contribution in [0, 0.1) is 10.8 Å². The van der Waals surface area contributed by atoms with E-state index in [2.05, 4.69) is 13.8 Å². The highest BCUT2D eigenvalue weighted by molar-refractivity contribution is 4.81. The molecule has 0 heterocycles. The van der Waals surface area contributed by atoms with E-state index in [-0.39, 0.29) is 10.8 Å². The Bertz CT molecular complexity index is 463. The summed E-state index contributed by atoms with van der Waals surface area (Å²) in [5, 5.41) is 0. The van der Waals surface area contributed by atoms with Gasteiger partial charge in [0.15, 0.2) is 0 Å². The second kappa shape index (κ2) is 29.5. The third kappa shape index (κ3) is 22.7. The highest BCUT2D eigenvalue weighted by atomic mass is 16.5. The number of rotatable bonds is 34. The van der Waals surface area contributed by atoms with Gasteiger partial charge in [0.25, 0.3) is 0 Å². The molecule has 0 unspecified atom stereocenters. The van der Waals surface area contributed by atoms with Crippen molar-refractivity contribution >= 4 is 0 Å². The highest BCUT2D eigenvalue weighted by Crippen LogP contribution is 2.28. The van der Waals surface area contributed by atoms with Crippen molar-refractivity contribution in [3.05, 3.63) is 0 Å². The van der Waals surface area contributed by atoms with Crippen molar-refractivity contribution in [2.45, 2.75) is 26.7 Å². The van der Waals surface area contributed by atoms with Crippen molar-refractivity contribution in [3.8, 4) is 0 Å². The Morgan fingerprint density at radius 3 is 0.756 bits per heavy atom. The first-order valence-electron chi connectivity index (χ1n) is 15.1. The molecule has 13 heteroatoms. The van der Waals surface area contributed by atoms with Crippen LogP contribution in [0.3, 0.4) is 0 Å². The average Bonchev–Trinajstić information content (AvgIpc) is 2.99. The van der Waals surface area contributed by atoms with E-state index >= 15 is 0 Å². The molecule has 0 aliphatic carbocycles. The maximum Gasteiger partial charge on any atom is 0.0701 e. The molecular weight excluding hydrogens is 536 g/mol. The van der Waals surface area contributed by atoms with Crippen molar-refractivity contribution in [1.29, 1.82) is 0 Å². The zero-order valence-electron chi connectivity index (χ0n) is 26.0. The van der Waals surface area contributed by atoms with E-state index in [4.69, 9.17) is 65.6 Å². The fourth-order valence-corrected chi connectivity index (χ4v) is 3.71. The zero-order valence-corrected chi connectivity index (χ0v) is 26.0. The molecule has 248 valence electrons. The van der Waals surface area contributed by atoms with Gasteiger partial charge in [0.2, 0.25) is 0 Å². The monoisotopic (exact) mass is 598 g/mol. The second-order valence-corrected chi connectivity index (χ2v) is 10.0. The van der Waals surface area contributed by atoms with Gasteiger partial charge in [-0.15, -0.1) is 0 Å². The molecule has 0 aromatic carbocycles. The fraction of sp³-hybridized carbons (Fsp3) is 1.00. The zero-order chi connectivity index (χ0) is 30.3. The average molecular weight is 599 g/mol. The summed E-state index contributed by atoms with van der Waals surface area (Å²) in [5.74, 6) is 0. The summed E-state index contributed by atoms with van der Waals surface area (Å²) < 4.78 is 52.2. The summed E-state index contributed by atoms with van der Waals surface area (Å²) >= 11 is 0. The highest BCUT2D eigenvalue weighted by Gasteiger charge is 2.34. The first-order valence-corrected chi connectivity index (χ1v) is 15.1. The predicted octanol–water partition coefficient (Wildman–Crippen LogP) is -0.237. The molecule has 0 amide bonds. The standard InChI is InChI=1S/C28H62N4O9/c1-3-27(21-37-17-13-33-9-5-29,22-38-18-14-34-10-6-30)25-41-26-28(4-2,23-39-19-15-35-11-7-31)24-40-20-16-36-12-8-32/h3-26,29-32H2,1-2H3. The van der Waals surface area contributed by atoms with Gasteiger partial charge in [-0.3, -0.25) is 0 Å². The van der Waals surface area contributed by atoms with E-state index in [9.17, 15) is 0 Å². The van der Waals surface area contributed by atoms with Crippen LogP contribution in [0.5, 0.6) is 0 Å². The van der Waals surface area contributed by atoms with Gasteiger partial charge in [-0.1, -0.05) is 13.8 Å². The summed E-state index contributed by atoms with van der Waals surface area (Å²) in [6.45, 7) is 14.9. The van der Waals surface area contributed by atoms with Crippen LogP contribution in [-0.2, 0) is 42.6 Å². The minimum atomic E-state index is -0.338. The molecule has 0 saturated heterocycles. The molecule has 13 nitrogen and oxygen atoms in total. The second-order valence-electron chi connectivity index (χ2n) is 10.0. The van der Waals surface area contributed by atoms with Crippen LogP contribution in [0.15, 0.2) is 0 Å². The lowest BCUT2D eigenvalue weighted by Crippen LogP contribution is -2.42. The Balaban J connectivity index is 5.13. The van der Waals surface area contributed by atoms with Gasteiger partial charge >= 0.3 is 0 Å². The van der Waals surface area contributed by atoms with Crippen LogP contribution >= 0.6 is 0 Å². The lowest BCUT2D eigenvalue weighted by molar-refractivity contribution is -0.119. The van der Waals surface area contributed by atoms with Crippen LogP contribution in [0.2, 0.25) is 0 Å². The molecule has 0 aliphatic rings. The first kappa shape index (κ1) is 40.5. The van der Waals surface area contributed by atoms with Crippen LogP contribution in [0.4, 0.5) is 0 Å². The topological polar surface area (TPSA) is 187 Å². The van der Waals surface area contributed by atoms with Gasteiger partial charge < -0.3 is 65.6 Å². The molecular formula is C28H62N4O9. The fourth-order valence-electron chi connectivity index (χ4n) is 3.71. The smallest absolute Gasteiger partial charge is 0.0701 e. The van der Waals surface area contributed by atoms with E-state index in [0.29, 0.717) is 145 Å². The summed E-state index contributed by atoms with van der Waals surface area (Å²) in [4.78, 5) is 0. The Morgan fingerprint density at radius 1 is 0.317 bits per heavy atom. The molecule has 0 aromatic heterocycles. The lowest BCUT2D eigenvalue weighted by atomic mass is 9.86. The predicted molar refractivity (Wildman–Crippen MR) is 159 cm³/mol. The van der Waals surface area contributed by atoms with Gasteiger partial charge in [0.1, 0.15) is 0 Å². The Morgan fingerprint density at radius 2 is 0.537 bits per heavy atom. The van der Waals surface area contributed by atoms with Crippen molar-refractivity contribution in [1.82, 2.24) is 0 Å².